The van der Waals surface area contributed by atoms with Gasteiger partial charge in [0.2, 0.25) is 0 Å². The number of anilines is 2. The molecule has 0 saturated carbocycles. The van der Waals surface area contributed by atoms with Crippen LogP contribution < -0.4 is 10.2 Å². The van der Waals surface area contributed by atoms with E-state index in [0.717, 1.165) is 6.42 Å². The van der Waals surface area contributed by atoms with Crippen LogP contribution in [0.1, 0.15) is 13.3 Å². The Morgan fingerprint density at radius 2 is 2.21 bits per heavy atom. The summed E-state index contributed by atoms with van der Waals surface area (Å²) in [6.07, 6.45) is -1.70. The molecule has 0 spiro atoms. The van der Waals surface area contributed by atoms with E-state index in [2.05, 4.69) is 10.3 Å². The van der Waals surface area contributed by atoms with Gasteiger partial charge >= 0.3 is 0 Å². The van der Waals surface area contributed by atoms with Crippen molar-refractivity contribution < 1.29 is 13.7 Å². The standard InChI is InChI=1S/C11H16F2N4O2/c1-3-4-14-10-5-8(17(18)19)6-11(15-10)16(2)7-9(12)13/h5-6,9H,3-4,7H2,1-2H3,(H,14,15). The quantitative estimate of drug-likeness (QED) is 0.611. The fourth-order valence-electron chi connectivity index (χ4n) is 1.45. The van der Waals surface area contributed by atoms with Crippen LogP contribution >= 0.6 is 0 Å². The first-order valence-corrected chi connectivity index (χ1v) is 5.83. The minimum absolute atomic E-state index is 0.146. The van der Waals surface area contributed by atoms with Gasteiger partial charge in [0.1, 0.15) is 11.6 Å². The number of aromatic nitrogens is 1. The predicted octanol–water partition coefficient (Wildman–Crippen LogP) is 2.51. The van der Waals surface area contributed by atoms with Gasteiger partial charge in [0.05, 0.1) is 23.6 Å². The maximum atomic E-state index is 12.3. The number of halogens is 2. The van der Waals surface area contributed by atoms with Crippen LogP contribution in [0, 0.1) is 10.1 Å². The van der Waals surface area contributed by atoms with Crippen molar-refractivity contribution in [3.8, 4) is 0 Å². The van der Waals surface area contributed by atoms with Crippen molar-refractivity contribution in [2.24, 2.45) is 0 Å². The van der Waals surface area contributed by atoms with Gasteiger partial charge in [-0.15, -0.1) is 0 Å². The van der Waals surface area contributed by atoms with Crippen molar-refractivity contribution in [1.82, 2.24) is 4.98 Å². The highest BCUT2D eigenvalue weighted by Gasteiger charge is 2.16. The number of hydrogen-bond donors (Lipinski definition) is 1. The number of nitro groups is 1. The lowest BCUT2D eigenvalue weighted by Crippen LogP contribution is -2.25. The topological polar surface area (TPSA) is 71.3 Å². The highest BCUT2D eigenvalue weighted by molar-refractivity contribution is 5.55. The van der Waals surface area contributed by atoms with E-state index in [4.69, 9.17) is 0 Å². The molecule has 6 nitrogen and oxygen atoms in total. The van der Waals surface area contributed by atoms with Crippen LogP contribution in [0.2, 0.25) is 0 Å². The fourth-order valence-corrected chi connectivity index (χ4v) is 1.45. The summed E-state index contributed by atoms with van der Waals surface area (Å²) < 4.78 is 24.6. The summed E-state index contributed by atoms with van der Waals surface area (Å²) in [5.41, 5.74) is -0.176. The maximum absolute atomic E-state index is 12.3. The zero-order valence-corrected chi connectivity index (χ0v) is 10.8. The fraction of sp³-hybridized carbons (Fsp3) is 0.545. The molecular formula is C11H16F2N4O2. The van der Waals surface area contributed by atoms with Gasteiger partial charge in [-0.25, -0.2) is 13.8 Å². The third-order valence-electron chi connectivity index (χ3n) is 2.37. The maximum Gasteiger partial charge on any atom is 0.276 e. The first-order valence-electron chi connectivity index (χ1n) is 5.83. The SMILES string of the molecule is CCCNc1cc([N+](=O)[O-])cc(N(C)CC(F)F)n1. The minimum Gasteiger partial charge on any atom is -0.370 e. The molecule has 0 saturated heterocycles. The molecule has 0 aliphatic rings. The summed E-state index contributed by atoms with van der Waals surface area (Å²) in [4.78, 5) is 15.5. The molecule has 1 aromatic rings. The molecule has 0 atom stereocenters. The number of rotatable bonds is 7. The molecule has 0 radical (unpaired) electrons. The van der Waals surface area contributed by atoms with Crippen LogP contribution in [0.25, 0.3) is 0 Å². The van der Waals surface area contributed by atoms with Crippen molar-refractivity contribution >= 4 is 17.3 Å². The highest BCUT2D eigenvalue weighted by atomic mass is 19.3. The van der Waals surface area contributed by atoms with E-state index in [1.165, 1.54) is 24.1 Å². The summed E-state index contributed by atoms with van der Waals surface area (Å²) in [5.74, 6) is 0.459. The van der Waals surface area contributed by atoms with Crippen molar-refractivity contribution in [3.05, 3.63) is 22.2 Å². The van der Waals surface area contributed by atoms with Crippen LogP contribution in [-0.4, -0.2) is 36.5 Å². The van der Waals surface area contributed by atoms with E-state index in [1.807, 2.05) is 6.92 Å². The van der Waals surface area contributed by atoms with E-state index in [1.54, 1.807) is 0 Å². The second kappa shape index (κ2) is 6.81. The van der Waals surface area contributed by atoms with Gasteiger partial charge < -0.3 is 10.2 Å². The Kier molecular flexibility index (Phi) is 5.40. The summed E-state index contributed by atoms with van der Waals surface area (Å²) in [7, 11) is 1.42. The zero-order valence-electron chi connectivity index (χ0n) is 10.8. The molecule has 106 valence electrons. The zero-order chi connectivity index (χ0) is 14.4. The van der Waals surface area contributed by atoms with E-state index in [-0.39, 0.29) is 11.5 Å². The summed E-state index contributed by atoms with van der Waals surface area (Å²) in [5, 5.41) is 13.7. The van der Waals surface area contributed by atoms with Crippen LogP contribution in [0.4, 0.5) is 26.1 Å². The second-order valence-electron chi connectivity index (χ2n) is 4.02. The summed E-state index contributed by atoms with van der Waals surface area (Å²) >= 11 is 0. The molecule has 0 aliphatic carbocycles. The van der Waals surface area contributed by atoms with E-state index >= 15 is 0 Å². The largest absolute Gasteiger partial charge is 0.370 e. The van der Waals surface area contributed by atoms with Crippen LogP contribution in [0.15, 0.2) is 12.1 Å². The number of hydrogen-bond acceptors (Lipinski definition) is 5. The molecule has 0 unspecified atom stereocenters. The van der Waals surface area contributed by atoms with Crippen molar-refractivity contribution in [2.45, 2.75) is 19.8 Å². The molecule has 0 aromatic carbocycles. The molecular weight excluding hydrogens is 258 g/mol. The van der Waals surface area contributed by atoms with Gasteiger partial charge in [0, 0.05) is 13.6 Å². The number of pyridine rings is 1. The third kappa shape index (κ3) is 4.65. The lowest BCUT2D eigenvalue weighted by molar-refractivity contribution is -0.384. The van der Waals surface area contributed by atoms with Crippen molar-refractivity contribution in [3.63, 3.8) is 0 Å². The van der Waals surface area contributed by atoms with E-state index < -0.39 is 17.9 Å². The van der Waals surface area contributed by atoms with Crippen molar-refractivity contribution in [1.29, 1.82) is 0 Å². The predicted molar refractivity (Wildman–Crippen MR) is 68.9 cm³/mol. The first-order chi connectivity index (χ1) is 8.93. The number of nitrogens with zero attached hydrogens (tertiary/aromatic N) is 3. The van der Waals surface area contributed by atoms with Gasteiger partial charge in [-0.1, -0.05) is 6.92 Å². The monoisotopic (exact) mass is 274 g/mol. The molecule has 19 heavy (non-hydrogen) atoms. The normalized spacial score (nSPS) is 10.6. The highest BCUT2D eigenvalue weighted by Crippen LogP contribution is 2.23. The smallest absolute Gasteiger partial charge is 0.276 e. The Labute approximate surface area is 109 Å². The van der Waals surface area contributed by atoms with Crippen molar-refractivity contribution in [2.75, 3.05) is 30.4 Å². The molecule has 0 aliphatic heterocycles. The molecule has 0 bridgehead atoms. The van der Waals surface area contributed by atoms with Gasteiger partial charge in [-0.2, -0.15) is 0 Å². The Bertz CT molecular complexity index is 443. The average molecular weight is 274 g/mol. The lowest BCUT2D eigenvalue weighted by atomic mass is 10.3. The minimum atomic E-state index is -2.53. The molecule has 0 fully saturated rings. The van der Waals surface area contributed by atoms with Gasteiger partial charge in [0.25, 0.3) is 12.1 Å². The van der Waals surface area contributed by atoms with E-state index in [9.17, 15) is 18.9 Å². The first kappa shape index (κ1) is 15.1. The van der Waals surface area contributed by atoms with E-state index in [0.29, 0.717) is 12.4 Å². The molecule has 8 heteroatoms. The number of nitrogens with one attached hydrogen (secondary N) is 1. The molecule has 0 amide bonds. The molecule has 1 heterocycles. The van der Waals surface area contributed by atoms with Gasteiger partial charge in [-0.3, -0.25) is 10.1 Å². The van der Waals surface area contributed by atoms with Crippen LogP contribution in [-0.2, 0) is 0 Å². The summed E-state index contributed by atoms with van der Waals surface area (Å²) in [6, 6.07) is 2.47. The molecule has 1 rings (SSSR count). The van der Waals surface area contributed by atoms with Crippen LogP contribution in [0.5, 0.6) is 0 Å². The average Bonchev–Trinajstić information content (AvgIpc) is 2.35. The number of alkyl halides is 2. The Morgan fingerprint density at radius 3 is 2.74 bits per heavy atom. The third-order valence-corrected chi connectivity index (χ3v) is 2.37. The Hall–Kier alpha value is -1.99. The summed E-state index contributed by atoms with van der Waals surface area (Å²) in [6.45, 7) is 2.02. The second-order valence-corrected chi connectivity index (χ2v) is 4.02. The molecule has 1 aromatic heterocycles. The Morgan fingerprint density at radius 1 is 1.53 bits per heavy atom. The van der Waals surface area contributed by atoms with Gasteiger partial charge in [0.15, 0.2) is 0 Å². The molecule has 1 N–H and O–H groups in total. The van der Waals surface area contributed by atoms with Gasteiger partial charge in [-0.05, 0) is 6.42 Å². The lowest BCUT2D eigenvalue weighted by Gasteiger charge is -2.18. The Balaban J connectivity index is 3.01. The van der Waals surface area contributed by atoms with Crippen LogP contribution in [0.3, 0.4) is 0 Å².